The molecule has 0 fully saturated rings. The number of hydrogen-bond acceptors (Lipinski definition) is 5. The number of carbonyl (C=O) groups is 5. The first kappa shape index (κ1) is 84.1. The van der Waals surface area contributed by atoms with Gasteiger partial charge in [-0.2, -0.15) is 0 Å². The van der Waals surface area contributed by atoms with Gasteiger partial charge < -0.3 is 13.7 Å². The van der Waals surface area contributed by atoms with Gasteiger partial charge in [-0.05, 0) is 185 Å². The van der Waals surface area contributed by atoms with Gasteiger partial charge in [-0.3, -0.25) is 24.0 Å². The Balaban J connectivity index is 0.000000200. The highest BCUT2D eigenvalue weighted by Crippen LogP contribution is 2.34. The molecule has 0 saturated heterocycles. The summed E-state index contributed by atoms with van der Waals surface area (Å²) in [5.41, 5.74) is 14.3. The number of carbonyl (C=O) groups excluding carboxylic acids is 5. The number of alkyl halides is 2. The lowest BCUT2D eigenvalue weighted by Crippen LogP contribution is -2.03. The fourth-order valence-corrected chi connectivity index (χ4v) is 12.1. The molecule has 0 amide bonds. The quantitative estimate of drug-likeness (QED) is 0.0441. The molecule has 21 heteroatoms. The molecule has 3 aromatic heterocycles. The molecule has 522 valence electrons. The lowest BCUT2D eigenvalue weighted by molar-refractivity contribution is -0.111. The second kappa shape index (κ2) is 43.5. The van der Waals surface area contributed by atoms with Gasteiger partial charge in [-0.1, -0.05) is 151 Å². The van der Waals surface area contributed by atoms with Gasteiger partial charge in [-0.25, -0.2) is 60.3 Å². The molecule has 10 aromatic carbocycles. The summed E-state index contributed by atoms with van der Waals surface area (Å²) in [6.07, 6.45) is 2.19. The van der Waals surface area contributed by atoms with Crippen LogP contribution in [0, 0.1) is 20.8 Å². The van der Waals surface area contributed by atoms with Gasteiger partial charge in [0.15, 0.2) is 17.3 Å². The van der Waals surface area contributed by atoms with Crippen molar-refractivity contribution >= 4 is 234 Å². The number of rotatable bonds is 15. The molecule has 0 bridgehead atoms. The molecule has 0 N–H and O–H groups in total. The van der Waals surface area contributed by atoms with E-state index >= 15 is 0 Å². The van der Waals surface area contributed by atoms with Gasteiger partial charge in [-0.15, -0.1) is 23.2 Å². The summed E-state index contributed by atoms with van der Waals surface area (Å²) in [6, 6.07) is 75.5. The summed E-state index contributed by atoms with van der Waals surface area (Å²) >= 11 is 23.3. The molecule has 0 unspecified atom stereocenters. The van der Waals surface area contributed by atoms with Gasteiger partial charge >= 0.3 is 22.8 Å². The second-order valence-electron chi connectivity index (χ2n) is 22.5. The molecule has 0 atom stereocenters. The number of Topliss-reactive ketones (excluding diaryl/α,β-unsaturated/α-hetero) is 1. The predicted molar refractivity (Wildman–Crippen MR) is 439 cm³/mol. The molecule has 0 radical (unpaired) electrons. The van der Waals surface area contributed by atoms with E-state index in [4.69, 9.17) is 118 Å². The topological polar surface area (TPSA) is 100 Å². The van der Waals surface area contributed by atoms with Crippen molar-refractivity contribution < 1.29 is 24.0 Å². The summed E-state index contributed by atoms with van der Waals surface area (Å²) < 4.78 is 6.89. The third-order valence-electron chi connectivity index (χ3n) is 16.0. The number of aryl methyl sites for hydroxylation is 6. The molecule has 13 rings (SSSR count). The Labute approximate surface area is 649 Å². The van der Waals surface area contributed by atoms with Crippen LogP contribution in [0.3, 0.4) is 0 Å². The molecule has 0 saturated carbocycles. The van der Waals surface area contributed by atoms with E-state index in [0.717, 1.165) is 79.7 Å². The van der Waals surface area contributed by atoms with Crippen molar-refractivity contribution in [2.75, 3.05) is 11.8 Å². The van der Waals surface area contributed by atoms with Crippen LogP contribution in [0.1, 0.15) is 116 Å². The monoisotopic (exact) mass is 1600 g/mol. The number of ketones is 3. The predicted octanol–water partition coefficient (Wildman–Crippen LogP) is 25.6. The molecular formula is C80H74Al2Cl11N3O5. The van der Waals surface area contributed by atoms with E-state index in [2.05, 4.69) is 113 Å². The summed E-state index contributed by atoms with van der Waals surface area (Å²) in [7, 11) is 29.7. The molecule has 101 heavy (non-hydrogen) atoms. The highest BCUT2D eigenvalue weighted by atomic mass is 35.8. The Hall–Kier alpha value is -5.80. The maximum atomic E-state index is 13.1. The molecule has 13 aromatic rings. The van der Waals surface area contributed by atoms with E-state index in [1.54, 1.807) is 12.1 Å². The van der Waals surface area contributed by atoms with Crippen LogP contribution in [-0.4, -0.2) is 76.1 Å². The van der Waals surface area contributed by atoms with Crippen molar-refractivity contribution in [1.82, 2.24) is 13.7 Å². The van der Waals surface area contributed by atoms with E-state index in [1.807, 2.05) is 160 Å². The zero-order valence-electron chi connectivity index (χ0n) is 56.5. The van der Waals surface area contributed by atoms with Crippen molar-refractivity contribution in [2.45, 2.75) is 86.9 Å². The number of fused-ring (bicyclic) bond motifs is 9. The van der Waals surface area contributed by atoms with Gasteiger partial charge in [0, 0.05) is 148 Å². The Bertz CT molecular complexity index is 4840. The van der Waals surface area contributed by atoms with Crippen LogP contribution in [0.5, 0.6) is 0 Å². The maximum Gasteiger partial charge on any atom is 0.643 e. The largest absolute Gasteiger partial charge is 0.643 e. The molecule has 0 aliphatic heterocycles. The average molecular weight is 1600 g/mol. The zero-order chi connectivity index (χ0) is 73.7. The fourth-order valence-electron chi connectivity index (χ4n) is 11.4. The minimum atomic E-state index is -1.72. The summed E-state index contributed by atoms with van der Waals surface area (Å²) in [6.45, 7) is 15.0. The highest BCUT2D eigenvalue weighted by Gasteiger charge is 2.19. The molecule has 3 heterocycles. The van der Waals surface area contributed by atoms with Crippen LogP contribution in [0.15, 0.2) is 231 Å². The van der Waals surface area contributed by atoms with E-state index in [0.29, 0.717) is 59.7 Å². The van der Waals surface area contributed by atoms with Crippen molar-refractivity contribution in [3.63, 3.8) is 0 Å². The molecule has 8 nitrogen and oxygen atoms in total. The van der Waals surface area contributed by atoms with Crippen LogP contribution in [0.4, 0.5) is 0 Å². The van der Waals surface area contributed by atoms with E-state index < -0.39 is 28.0 Å². The van der Waals surface area contributed by atoms with Crippen LogP contribution in [-0.2, 0) is 24.4 Å². The minimum Gasteiger partial charge on any atom is -0.341 e. The second-order valence-corrected chi connectivity index (χ2v) is 37.3. The summed E-state index contributed by atoms with van der Waals surface area (Å²) in [5, 5.41) is 7.16. The third-order valence-corrected chi connectivity index (χ3v) is 17.2. The Morgan fingerprint density at radius 1 is 0.347 bits per heavy atom. The zero-order valence-corrected chi connectivity index (χ0v) is 67.1. The minimum absolute atomic E-state index is 0.0155. The van der Waals surface area contributed by atoms with Crippen LogP contribution in [0.25, 0.3) is 65.4 Å². The highest BCUT2D eigenvalue weighted by molar-refractivity contribution is 7.54. The van der Waals surface area contributed by atoms with Crippen LogP contribution in [0.2, 0.25) is 5.02 Å². The maximum absolute atomic E-state index is 13.1. The Morgan fingerprint density at radius 2 is 0.634 bits per heavy atom. The number of benzene rings is 10. The summed E-state index contributed by atoms with van der Waals surface area (Å²) in [4.78, 5) is 59.1. The lowest BCUT2D eigenvalue weighted by Gasteiger charge is -2.06. The third kappa shape index (κ3) is 24.4. The lowest BCUT2D eigenvalue weighted by atomic mass is 9.97. The van der Waals surface area contributed by atoms with Gasteiger partial charge in [0.25, 0.3) is 5.24 Å². The number of nitrogens with zero attached hydrogens (tertiary/aromatic N) is 3. The molecule has 0 aliphatic carbocycles. The van der Waals surface area contributed by atoms with Gasteiger partial charge in [0.1, 0.15) is 0 Å². The van der Waals surface area contributed by atoms with Crippen molar-refractivity contribution in [3.8, 4) is 0 Å². The molecule has 0 spiro atoms. The van der Waals surface area contributed by atoms with E-state index in [9.17, 15) is 24.0 Å². The first-order chi connectivity index (χ1) is 48.5. The van der Waals surface area contributed by atoms with E-state index in [-0.39, 0.29) is 22.6 Å². The van der Waals surface area contributed by atoms with Gasteiger partial charge in [0.2, 0.25) is 5.24 Å². The van der Waals surface area contributed by atoms with Gasteiger partial charge in [0.05, 0.1) is 0 Å². The molecular weight excluding hydrogens is 1530 g/mol. The first-order valence-corrected chi connectivity index (χ1v) is 45.1. The van der Waals surface area contributed by atoms with E-state index in [1.165, 1.54) is 38.2 Å². The van der Waals surface area contributed by atoms with Crippen molar-refractivity contribution in [2.24, 2.45) is 0 Å². The van der Waals surface area contributed by atoms with Crippen LogP contribution >= 0.6 is 118 Å². The average Bonchev–Trinajstić information content (AvgIpc) is 1.62. The fraction of sp³-hybridized carbons (Fsp3) is 0.188. The normalized spacial score (nSPS) is 10.4. The van der Waals surface area contributed by atoms with Crippen molar-refractivity contribution in [3.05, 3.63) is 286 Å². The number of para-hydroxylation sites is 3. The SMILES string of the molecule is CCn1c2ccc(C(=O)CCCCl)cc2c2cc(C(=O)c3ccccc3C)ccc21.CCn1c2ccccc2c2cc(C(=O)c3ccccc3C)ccc21.CCn1c2ccccc2c2ccccc21.Cc1ccccc1C(=O)Cl.Clc1ccccc1.O=C(Cl)CCCCl.[Cl][Al]([Cl])[Cl].[Cl][Al]([Cl])[Cl]. The van der Waals surface area contributed by atoms with Crippen LogP contribution < -0.4 is 0 Å². The van der Waals surface area contributed by atoms with Crippen molar-refractivity contribution in [1.29, 1.82) is 0 Å². The number of halogens is 11. The smallest absolute Gasteiger partial charge is 0.341 e. The Morgan fingerprint density at radius 3 is 0.941 bits per heavy atom. The standard InChI is InChI=1S/C26H24ClNO2.C22H19NO.C14H13N.C8H7ClO.C6H5Cl.C4H6Cl2O.2Al.6ClH/c1-3-28-23-12-10-18(25(29)9-6-14-27)15-21(23)22-16-19(11-13-24(22)28)26(30)20-8-5-4-7-17(20)2;1-3-23-20-11-7-6-10-18(20)19-14-16(12-13-21(19)23)22(24)17-9-5-4-8-15(17)2;1-2-15-13-9-5-3-7-11(13)12-8-4-6-10-14(12)15;1-6-4-2-3-5-7(6)8(9)10;7-6-4-2-1-3-5-6;5-3-1-2-4(6)7;;;;;;;;/h4-5,7-8,10-13,15-16H,3,6,9,14H2,1-2H3;4-14H,3H2,1-2H3;3-10H,2H2,1H3;2-5H,1H3;1-5H;1-3H2;;;6*1H/q;;;;;;2*+3;;;;;;/p-6. The number of hydrogen-bond donors (Lipinski definition) is 0. The number of aromatic nitrogens is 3. The summed E-state index contributed by atoms with van der Waals surface area (Å²) in [5.74, 6) is 1.19. The molecule has 0 aliphatic rings. The Kier molecular flexibility index (Phi) is 36.2. The first-order valence-electron chi connectivity index (χ1n) is 32.4.